The SMILES string of the molecule is C=CCNC(=O)c1ccc(COc2cc([N+](=O)[O-])ccc2Cl)o1. The summed E-state index contributed by atoms with van der Waals surface area (Å²) < 4.78 is 10.7. The predicted octanol–water partition coefficient (Wildman–Crippen LogP) is 3.34. The van der Waals surface area contributed by atoms with E-state index in [1.165, 1.54) is 24.3 Å². The largest absolute Gasteiger partial charge is 0.484 e. The van der Waals surface area contributed by atoms with E-state index in [9.17, 15) is 14.9 Å². The molecule has 7 nitrogen and oxygen atoms in total. The minimum Gasteiger partial charge on any atom is -0.484 e. The van der Waals surface area contributed by atoms with Crippen LogP contribution in [0.3, 0.4) is 0 Å². The Kier molecular flexibility index (Phi) is 5.37. The predicted molar refractivity (Wildman–Crippen MR) is 83.7 cm³/mol. The molecule has 1 N–H and O–H groups in total. The summed E-state index contributed by atoms with van der Waals surface area (Å²) in [5, 5.41) is 13.6. The van der Waals surface area contributed by atoms with Crippen LogP contribution in [0, 0.1) is 10.1 Å². The number of non-ortho nitro benzene ring substituents is 1. The third-order valence-electron chi connectivity index (χ3n) is 2.79. The Morgan fingerprint density at radius 3 is 2.91 bits per heavy atom. The van der Waals surface area contributed by atoms with Gasteiger partial charge in [0.25, 0.3) is 11.6 Å². The number of ether oxygens (including phenoxy) is 1. The number of benzene rings is 1. The van der Waals surface area contributed by atoms with Crippen LogP contribution in [0.5, 0.6) is 5.75 Å². The number of hydrogen-bond donors (Lipinski definition) is 1. The molecule has 0 unspecified atom stereocenters. The number of nitro benzene ring substituents is 1. The highest BCUT2D eigenvalue weighted by molar-refractivity contribution is 6.32. The Balaban J connectivity index is 2.03. The van der Waals surface area contributed by atoms with Gasteiger partial charge < -0.3 is 14.5 Å². The lowest BCUT2D eigenvalue weighted by atomic mass is 10.3. The second-order valence-corrected chi connectivity index (χ2v) is 4.83. The molecule has 0 aliphatic carbocycles. The number of hydrogen-bond acceptors (Lipinski definition) is 5. The quantitative estimate of drug-likeness (QED) is 0.475. The van der Waals surface area contributed by atoms with E-state index in [0.717, 1.165) is 0 Å². The lowest BCUT2D eigenvalue weighted by molar-refractivity contribution is -0.384. The molecule has 0 fully saturated rings. The fourth-order valence-corrected chi connectivity index (χ4v) is 1.87. The first kappa shape index (κ1) is 16.6. The van der Waals surface area contributed by atoms with Crippen molar-refractivity contribution in [3.05, 3.63) is 69.6 Å². The number of nitrogens with zero attached hydrogens (tertiary/aromatic N) is 1. The van der Waals surface area contributed by atoms with Crippen LogP contribution in [-0.2, 0) is 6.61 Å². The number of nitrogens with one attached hydrogen (secondary N) is 1. The molecular formula is C15H13ClN2O5. The van der Waals surface area contributed by atoms with Gasteiger partial charge >= 0.3 is 0 Å². The van der Waals surface area contributed by atoms with Crippen molar-refractivity contribution >= 4 is 23.2 Å². The Bertz CT molecular complexity index is 741. The van der Waals surface area contributed by atoms with Gasteiger partial charge in [0.2, 0.25) is 0 Å². The van der Waals surface area contributed by atoms with Gasteiger partial charge in [0.05, 0.1) is 16.0 Å². The summed E-state index contributed by atoms with van der Waals surface area (Å²) in [4.78, 5) is 21.9. The number of halogens is 1. The van der Waals surface area contributed by atoms with Gasteiger partial charge in [0, 0.05) is 12.6 Å². The summed E-state index contributed by atoms with van der Waals surface area (Å²) in [7, 11) is 0. The number of furan rings is 1. The summed E-state index contributed by atoms with van der Waals surface area (Å²) in [6.45, 7) is 3.81. The van der Waals surface area contributed by atoms with Crippen LogP contribution in [0.15, 0.2) is 47.4 Å². The first-order valence-electron chi connectivity index (χ1n) is 6.56. The first-order valence-corrected chi connectivity index (χ1v) is 6.93. The highest BCUT2D eigenvalue weighted by atomic mass is 35.5. The van der Waals surface area contributed by atoms with Crippen molar-refractivity contribution in [3.8, 4) is 5.75 Å². The van der Waals surface area contributed by atoms with E-state index in [2.05, 4.69) is 11.9 Å². The molecule has 0 atom stereocenters. The van der Waals surface area contributed by atoms with Crippen molar-refractivity contribution in [2.45, 2.75) is 6.61 Å². The van der Waals surface area contributed by atoms with Crippen LogP contribution in [0.25, 0.3) is 0 Å². The number of rotatable bonds is 7. The van der Waals surface area contributed by atoms with E-state index in [0.29, 0.717) is 12.3 Å². The summed E-state index contributed by atoms with van der Waals surface area (Å²) in [6, 6.07) is 6.97. The van der Waals surface area contributed by atoms with E-state index in [-0.39, 0.29) is 34.7 Å². The standard InChI is InChI=1S/C15H13ClN2O5/c1-2-7-17-15(19)13-6-4-11(23-13)9-22-14-8-10(18(20)21)3-5-12(14)16/h2-6,8H,1,7,9H2,(H,17,19). The van der Waals surface area contributed by atoms with Crippen LogP contribution in [0.1, 0.15) is 16.3 Å². The molecular weight excluding hydrogens is 324 g/mol. The third-order valence-corrected chi connectivity index (χ3v) is 3.10. The lowest BCUT2D eigenvalue weighted by Gasteiger charge is -2.06. The van der Waals surface area contributed by atoms with Crippen molar-refractivity contribution in [2.75, 3.05) is 6.54 Å². The zero-order valence-electron chi connectivity index (χ0n) is 12.0. The van der Waals surface area contributed by atoms with Crippen LogP contribution < -0.4 is 10.1 Å². The first-order chi connectivity index (χ1) is 11.0. The maximum Gasteiger partial charge on any atom is 0.287 e. The summed E-state index contributed by atoms with van der Waals surface area (Å²) in [5.41, 5.74) is -0.131. The minimum atomic E-state index is -0.544. The minimum absolute atomic E-state index is 0.0182. The Labute approximate surface area is 136 Å². The normalized spacial score (nSPS) is 10.1. The van der Waals surface area contributed by atoms with Crippen molar-refractivity contribution in [2.24, 2.45) is 0 Å². The van der Waals surface area contributed by atoms with Crippen molar-refractivity contribution < 1.29 is 18.9 Å². The smallest absolute Gasteiger partial charge is 0.287 e. The lowest BCUT2D eigenvalue weighted by Crippen LogP contribution is -2.22. The zero-order valence-corrected chi connectivity index (χ0v) is 12.7. The van der Waals surface area contributed by atoms with Crippen molar-refractivity contribution in [1.29, 1.82) is 0 Å². The van der Waals surface area contributed by atoms with Gasteiger partial charge in [0.1, 0.15) is 18.1 Å². The number of amides is 1. The molecule has 8 heteroatoms. The summed E-state index contributed by atoms with van der Waals surface area (Å²) >= 11 is 5.93. The highest BCUT2D eigenvalue weighted by Crippen LogP contribution is 2.29. The van der Waals surface area contributed by atoms with Crippen LogP contribution in [-0.4, -0.2) is 17.4 Å². The topological polar surface area (TPSA) is 94.6 Å². The molecule has 0 aliphatic rings. The Morgan fingerprint density at radius 1 is 1.43 bits per heavy atom. The molecule has 0 bridgehead atoms. The molecule has 1 heterocycles. The molecule has 0 saturated carbocycles. The number of nitro groups is 1. The van der Waals surface area contributed by atoms with Gasteiger partial charge in [-0.1, -0.05) is 17.7 Å². The molecule has 1 aromatic heterocycles. The molecule has 1 amide bonds. The second kappa shape index (κ2) is 7.46. The van der Waals surface area contributed by atoms with E-state index in [1.54, 1.807) is 12.1 Å². The Morgan fingerprint density at radius 2 is 2.22 bits per heavy atom. The van der Waals surface area contributed by atoms with Gasteiger partial charge in [-0.2, -0.15) is 0 Å². The van der Waals surface area contributed by atoms with E-state index in [1.807, 2.05) is 0 Å². The average molecular weight is 337 g/mol. The van der Waals surface area contributed by atoms with Gasteiger partial charge in [0.15, 0.2) is 5.76 Å². The van der Waals surface area contributed by atoms with Gasteiger partial charge in [-0.3, -0.25) is 14.9 Å². The molecule has 0 radical (unpaired) electrons. The maximum absolute atomic E-state index is 11.7. The molecule has 2 aromatic rings. The summed E-state index contributed by atoms with van der Waals surface area (Å²) in [6.07, 6.45) is 1.55. The molecule has 2 rings (SSSR count). The van der Waals surface area contributed by atoms with E-state index in [4.69, 9.17) is 20.8 Å². The summed E-state index contributed by atoms with van der Waals surface area (Å²) in [5.74, 6) is 0.311. The number of carbonyl (C=O) groups is 1. The second-order valence-electron chi connectivity index (χ2n) is 4.43. The van der Waals surface area contributed by atoms with E-state index < -0.39 is 4.92 Å². The van der Waals surface area contributed by atoms with Gasteiger partial charge in [-0.15, -0.1) is 6.58 Å². The highest BCUT2D eigenvalue weighted by Gasteiger charge is 2.13. The number of carbonyl (C=O) groups excluding carboxylic acids is 1. The Hall–Kier alpha value is -2.80. The molecule has 1 aromatic carbocycles. The fourth-order valence-electron chi connectivity index (χ4n) is 1.69. The third kappa shape index (κ3) is 4.33. The van der Waals surface area contributed by atoms with Crippen molar-refractivity contribution in [3.63, 3.8) is 0 Å². The molecule has 0 aliphatic heterocycles. The van der Waals surface area contributed by atoms with Crippen molar-refractivity contribution in [1.82, 2.24) is 5.32 Å². The maximum atomic E-state index is 11.7. The fraction of sp³-hybridized carbons (Fsp3) is 0.133. The molecule has 0 spiro atoms. The van der Waals surface area contributed by atoms with Crippen LogP contribution in [0.2, 0.25) is 5.02 Å². The van der Waals surface area contributed by atoms with E-state index >= 15 is 0 Å². The molecule has 0 saturated heterocycles. The monoisotopic (exact) mass is 336 g/mol. The van der Waals surface area contributed by atoms with Gasteiger partial charge in [-0.25, -0.2) is 0 Å². The van der Waals surface area contributed by atoms with Crippen LogP contribution >= 0.6 is 11.6 Å². The zero-order chi connectivity index (χ0) is 16.8. The van der Waals surface area contributed by atoms with Crippen LogP contribution in [0.4, 0.5) is 5.69 Å². The molecule has 120 valence electrons. The average Bonchev–Trinajstić information content (AvgIpc) is 3.00. The molecule has 23 heavy (non-hydrogen) atoms. The van der Waals surface area contributed by atoms with Gasteiger partial charge in [-0.05, 0) is 18.2 Å².